The molecule has 2 heterocycles. The summed E-state index contributed by atoms with van der Waals surface area (Å²) in [5.41, 5.74) is 0.988. The summed E-state index contributed by atoms with van der Waals surface area (Å²) >= 11 is 0. The Labute approximate surface area is 128 Å². The first-order valence-electron chi connectivity index (χ1n) is 6.51. The van der Waals surface area contributed by atoms with Crippen molar-refractivity contribution in [3.8, 4) is 11.5 Å². The number of aryl methyl sites for hydroxylation is 2. The normalized spacial score (nSPS) is 12.9. The van der Waals surface area contributed by atoms with Gasteiger partial charge in [-0.2, -0.15) is 5.10 Å². The number of hydrogen-bond donors (Lipinski definition) is 0. The van der Waals surface area contributed by atoms with Crippen molar-refractivity contribution in [2.45, 2.75) is 51.9 Å². The zero-order valence-corrected chi connectivity index (χ0v) is 14.2. The van der Waals surface area contributed by atoms with Crippen molar-refractivity contribution in [2.75, 3.05) is 0 Å². The first kappa shape index (κ1) is 16.0. The van der Waals surface area contributed by atoms with Crippen LogP contribution >= 0.6 is 10.7 Å². The van der Waals surface area contributed by atoms with Crippen LogP contribution in [0.5, 0.6) is 0 Å². The average molecular weight is 332 g/mol. The second kappa shape index (κ2) is 5.10. The fourth-order valence-corrected chi connectivity index (χ4v) is 3.18. The Bertz CT molecular complexity index is 770. The fourth-order valence-electron chi connectivity index (χ4n) is 2.16. The Morgan fingerprint density at radius 1 is 1.29 bits per heavy atom. The van der Waals surface area contributed by atoms with Crippen LogP contribution in [0.25, 0.3) is 11.5 Å². The highest BCUT2D eigenvalue weighted by Crippen LogP contribution is 2.29. The number of rotatable bonds is 3. The van der Waals surface area contributed by atoms with Gasteiger partial charge in [-0.3, -0.25) is 9.25 Å². The molecule has 0 bridgehead atoms. The van der Waals surface area contributed by atoms with E-state index in [4.69, 9.17) is 10.7 Å². The monoisotopic (exact) mass is 331 g/mol. The number of halogens is 1. The molecule has 0 fully saturated rings. The van der Waals surface area contributed by atoms with Crippen molar-refractivity contribution in [2.24, 2.45) is 0 Å². The van der Waals surface area contributed by atoms with Crippen molar-refractivity contribution in [1.29, 1.82) is 0 Å². The van der Waals surface area contributed by atoms with Gasteiger partial charge in [-0.05, 0) is 40.7 Å². The minimum absolute atomic E-state index is 0.256. The summed E-state index contributed by atoms with van der Waals surface area (Å²) < 4.78 is 26.7. The lowest BCUT2D eigenvalue weighted by Crippen LogP contribution is -2.26. The van der Waals surface area contributed by atoms with Gasteiger partial charge in [-0.25, -0.2) is 8.42 Å². The maximum atomic E-state index is 11.7. The first-order valence-corrected chi connectivity index (χ1v) is 8.82. The molecule has 0 saturated heterocycles. The average Bonchev–Trinajstić information content (AvgIpc) is 2.89. The molecule has 0 amide bonds. The standard InChI is InChI=1S/C12H18ClN5O2S/c1-6-17-9(7-8(2)16-17)10-14-15-11(21(13,19)20)18(10)12(3,4)5/h7H,6H2,1-5H3. The molecule has 2 rings (SSSR count). The lowest BCUT2D eigenvalue weighted by molar-refractivity contribution is 0.366. The van der Waals surface area contributed by atoms with Gasteiger partial charge >= 0.3 is 0 Å². The van der Waals surface area contributed by atoms with E-state index in [-0.39, 0.29) is 5.16 Å². The Morgan fingerprint density at radius 2 is 1.90 bits per heavy atom. The van der Waals surface area contributed by atoms with E-state index < -0.39 is 14.6 Å². The van der Waals surface area contributed by atoms with E-state index in [2.05, 4.69) is 15.3 Å². The van der Waals surface area contributed by atoms with Crippen LogP contribution in [-0.2, 0) is 21.1 Å². The summed E-state index contributed by atoms with van der Waals surface area (Å²) in [6, 6.07) is 1.85. The highest BCUT2D eigenvalue weighted by atomic mass is 35.7. The van der Waals surface area contributed by atoms with Crippen LogP contribution in [0.3, 0.4) is 0 Å². The number of nitrogens with zero attached hydrogens (tertiary/aromatic N) is 5. The summed E-state index contributed by atoms with van der Waals surface area (Å²) in [6.07, 6.45) is 0. The molecule has 0 aliphatic heterocycles. The molecule has 9 heteroatoms. The molecular formula is C12H18ClN5O2S. The Balaban J connectivity index is 2.79. The van der Waals surface area contributed by atoms with E-state index in [0.717, 1.165) is 5.69 Å². The van der Waals surface area contributed by atoms with Crippen molar-refractivity contribution < 1.29 is 8.42 Å². The molecule has 7 nitrogen and oxygen atoms in total. The van der Waals surface area contributed by atoms with E-state index in [1.807, 2.05) is 40.7 Å². The summed E-state index contributed by atoms with van der Waals surface area (Å²) in [5.74, 6) is 0.434. The van der Waals surface area contributed by atoms with Crippen LogP contribution in [0.4, 0.5) is 0 Å². The van der Waals surface area contributed by atoms with Gasteiger partial charge in [-0.1, -0.05) is 0 Å². The number of hydrogen-bond acceptors (Lipinski definition) is 5. The predicted octanol–water partition coefficient (Wildman–Crippen LogP) is 2.15. The van der Waals surface area contributed by atoms with Crippen molar-refractivity contribution in [3.05, 3.63) is 11.8 Å². The summed E-state index contributed by atoms with van der Waals surface area (Å²) in [6.45, 7) is 10.1. The molecule has 0 saturated carbocycles. The Kier molecular flexibility index (Phi) is 3.88. The maximum Gasteiger partial charge on any atom is 0.296 e. The van der Waals surface area contributed by atoms with Gasteiger partial charge in [0, 0.05) is 22.8 Å². The van der Waals surface area contributed by atoms with Crippen LogP contribution in [0.15, 0.2) is 11.2 Å². The van der Waals surface area contributed by atoms with Crippen molar-refractivity contribution in [3.63, 3.8) is 0 Å². The van der Waals surface area contributed by atoms with Gasteiger partial charge in [0.25, 0.3) is 14.2 Å². The number of aromatic nitrogens is 5. The summed E-state index contributed by atoms with van der Waals surface area (Å²) in [7, 11) is 1.49. The summed E-state index contributed by atoms with van der Waals surface area (Å²) in [4.78, 5) is 0. The van der Waals surface area contributed by atoms with E-state index >= 15 is 0 Å². The fraction of sp³-hybridized carbons (Fsp3) is 0.583. The molecule has 116 valence electrons. The van der Waals surface area contributed by atoms with Gasteiger partial charge in [0.2, 0.25) is 0 Å². The second-order valence-corrected chi connectivity index (χ2v) is 8.20. The highest BCUT2D eigenvalue weighted by molar-refractivity contribution is 8.13. The van der Waals surface area contributed by atoms with Crippen LogP contribution in [0, 0.1) is 6.92 Å². The van der Waals surface area contributed by atoms with Crippen LogP contribution in [0.1, 0.15) is 33.4 Å². The minimum Gasteiger partial charge on any atom is -0.290 e. The molecular weight excluding hydrogens is 314 g/mol. The molecule has 0 spiro atoms. The SMILES string of the molecule is CCn1nc(C)cc1-c1nnc(S(=O)(=O)Cl)n1C(C)(C)C. The molecule has 0 aliphatic rings. The molecule has 0 N–H and O–H groups in total. The molecule has 0 aromatic carbocycles. The first-order chi connectivity index (χ1) is 9.55. The maximum absolute atomic E-state index is 11.7. The van der Waals surface area contributed by atoms with Crippen LogP contribution < -0.4 is 0 Å². The van der Waals surface area contributed by atoms with Gasteiger partial charge < -0.3 is 0 Å². The second-order valence-electron chi connectivity index (χ2n) is 5.74. The van der Waals surface area contributed by atoms with Gasteiger partial charge in [0.05, 0.1) is 5.69 Å². The van der Waals surface area contributed by atoms with Gasteiger partial charge in [0.1, 0.15) is 5.69 Å². The van der Waals surface area contributed by atoms with Crippen molar-refractivity contribution >= 4 is 19.7 Å². The summed E-state index contributed by atoms with van der Waals surface area (Å²) in [5, 5.41) is 11.9. The largest absolute Gasteiger partial charge is 0.296 e. The quantitative estimate of drug-likeness (QED) is 0.805. The molecule has 0 aliphatic carbocycles. The minimum atomic E-state index is -3.98. The predicted molar refractivity (Wildman–Crippen MR) is 79.7 cm³/mol. The van der Waals surface area contributed by atoms with E-state index in [1.165, 1.54) is 4.57 Å². The lowest BCUT2D eigenvalue weighted by atomic mass is 10.1. The highest BCUT2D eigenvalue weighted by Gasteiger charge is 2.31. The van der Waals surface area contributed by atoms with Crippen molar-refractivity contribution in [1.82, 2.24) is 24.5 Å². The molecule has 0 atom stereocenters. The third kappa shape index (κ3) is 2.96. The molecule has 2 aromatic rings. The Morgan fingerprint density at radius 3 is 2.38 bits per heavy atom. The van der Waals surface area contributed by atoms with E-state index in [9.17, 15) is 8.42 Å². The molecule has 0 radical (unpaired) electrons. The van der Waals surface area contributed by atoms with Crippen LogP contribution in [0.2, 0.25) is 0 Å². The third-order valence-electron chi connectivity index (χ3n) is 2.95. The molecule has 2 aromatic heterocycles. The zero-order valence-electron chi connectivity index (χ0n) is 12.6. The zero-order chi connectivity index (χ0) is 16.0. The van der Waals surface area contributed by atoms with Gasteiger partial charge in [0.15, 0.2) is 5.82 Å². The molecule has 0 unspecified atom stereocenters. The van der Waals surface area contributed by atoms with E-state index in [1.54, 1.807) is 4.68 Å². The Hall–Kier alpha value is -1.41. The smallest absolute Gasteiger partial charge is 0.290 e. The van der Waals surface area contributed by atoms with E-state index in [0.29, 0.717) is 18.1 Å². The molecule has 21 heavy (non-hydrogen) atoms. The van der Waals surface area contributed by atoms with Gasteiger partial charge in [-0.15, -0.1) is 10.2 Å². The topological polar surface area (TPSA) is 82.7 Å². The third-order valence-corrected chi connectivity index (χ3v) is 4.07. The van der Waals surface area contributed by atoms with Crippen LogP contribution in [-0.4, -0.2) is 33.0 Å². The lowest BCUT2D eigenvalue weighted by Gasteiger charge is -2.24.